The molecule has 0 heterocycles. The Balaban J connectivity index is 2.62. The lowest BCUT2D eigenvalue weighted by atomic mass is 10.2. The van der Waals surface area contributed by atoms with Crippen molar-refractivity contribution in [3.05, 3.63) is 24.3 Å². The number of carbonyl (C=O) groups excluding carboxylic acids is 1. The summed E-state index contributed by atoms with van der Waals surface area (Å²) in [6.07, 6.45) is 1.82. The van der Waals surface area contributed by atoms with Crippen LogP contribution in [0.4, 0.5) is 16.2 Å². The van der Waals surface area contributed by atoms with E-state index in [9.17, 15) is 4.79 Å². The minimum atomic E-state index is -0.490. The summed E-state index contributed by atoms with van der Waals surface area (Å²) in [5.41, 5.74) is 1.24. The van der Waals surface area contributed by atoms with Crippen LogP contribution in [0.3, 0.4) is 0 Å². The van der Waals surface area contributed by atoms with E-state index in [1.807, 2.05) is 45.0 Å². The van der Waals surface area contributed by atoms with Crippen LogP contribution in [-0.2, 0) is 4.74 Å². The van der Waals surface area contributed by atoms with Crippen LogP contribution in [0.1, 0.15) is 47.5 Å². The van der Waals surface area contributed by atoms with Crippen molar-refractivity contribution in [3.8, 4) is 0 Å². The van der Waals surface area contributed by atoms with E-state index in [1.165, 1.54) is 0 Å². The van der Waals surface area contributed by atoms with Gasteiger partial charge in [-0.05, 0) is 52.3 Å². The molecule has 1 unspecified atom stereocenters. The normalized spacial score (nSPS) is 12.7. The molecule has 112 valence electrons. The summed E-state index contributed by atoms with van der Waals surface area (Å²) < 4.78 is 5.23. The number of carbonyl (C=O) groups is 1. The maximum Gasteiger partial charge on any atom is 0.412 e. The van der Waals surface area contributed by atoms with E-state index in [4.69, 9.17) is 4.74 Å². The van der Waals surface area contributed by atoms with E-state index in [1.54, 1.807) is 0 Å². The van der Waals surface area contributed by atoms with Crippen molar-refractivity contribution in [1.82, 2.24) is 0 Å². The SMILES string of the molecule is CCCC(C)Nc1cccc(NC(=O)OC(C)(C)C)c1. The van der Waals surface area contributed by atoms with Gasteiger partial charge in [-0.2, -0.15) is 0 Å². The molecule has 4 nitrogen and oxygen atoms in total. The fraction of sp³-hybridized carbons (Fsp3) is 0.562. The number of rotatable bonds is 5. The molecule has 0 aliphatic heterocycles. The van der Waals surface area contributed by atoms with E-state index in [0.29, 0.717) is 6.04 Å². The van der Waals surface area contributed by atoms with Gasteiger partial charge in [-0.15, -0.1) is 0 Å². The monoisotopic (exact) mass is 278 g/mol. The van der Waals surface area contributed by atoms with Gasteiger partial charge in [-0.25, -0.2) is 4.79 Å². The highest BCUT2D eigenvalue weighted by Crippen LogP contribution is 2.18. The van der Waals surface area contributed by atoms with Gasteiger partial charge in [0.15, 0.2) is 0 Å². The first-order chi connectivity index (χ1) is 9.30. The Morgan fingerprint density at radius 3 is 2.55 bits per heavy atom. The standard InChI is InChI=1S/C16H26N2O2/c1-6-8-12(2)17-13-9-7-10-14(11-13)18-15(19)20-16(3,4)5/h7,9-12,17H,6,8H2,1-5H3,(H,18,19). The quantitative estimate of drug-likeness (QED) is 0.825. The van der Waals surface area contributed by atoms with Crippen LogP contribution >= 0.6 is 0 Å². The van der Waals surface area contributed by atoms with Gasteiger partial charge in [-0.1, -0.05) is 19.4 Å². The largest absolute Gasteiger partial charge is 0.444 e. The Morgan fingerprint density at radius 1 is 1.30 bits per heavy atom. The molecule has 0 saturated heterocycles. The highest BCUT2D eigenvalue weighted by Gasteiger charge is 2.16. The van der Waals surface area contributed by atoms with E-state index in [-0.39, 0.29) is 0 Å². The van der Waals surface area contributed by atoms with Crippen molar-refractivity contribution in [2.45, 2.75) is 59.1 Å². The molecule has 2 N–H and O–H groups in total. The summed E-state index contributed by atoms with van der Waals surface area (Å²) in [7, 11) is 0. The van der Waals surface area contributed by atoms with E-state index in [2.05, 4.69) is 24.5 Å². The van der Waals surface area contributed by atoms with Crippen molar-refractivity contribution in [2.24, 2.45) is 0 Å². The van der Waals surface area contributed by atoms with Crippen LogP contribution in [0.2, 0.25) is 0 Å². The second-order valence-electron chi connectivity index (χ2n) is 6.04. The van der Waals surface area contributed by atoms with Gasteiger partial charge in [0.05, 0.1) is 0 Å². The number of hydrogen-bond acceptors (Lipinski definition) is 3. The van der Waals surface area contributed by atoms with Gasteiger partial charge in [0, 0.05) is 17.4 Å². The van der Waals surface area contributed by atoms with Gasteiger partial charge in [0.25, 0.3) is 0 Å². The predicted octanol–water partition coefficient (Wildman–Crippen LogP) is 4.63. The molecule has 4 heteroatoms. The Labute approximate surface area is 121 Å². The summed E-state index contributed by atoms with van der Waals surface area (Å²) in [6, 6.07) is 8.08. The summed E-state index contributed by atoms with van der Waals surface area (Å²) in [6.45, 7) is 9.85. The molecule has 0 saturated carbocycles. The Bertz CT molecular complexity index is 438. The third-order valence-electron chi connectivity index (χ3n) is 2.64. The molecule has 1 rings (SSSR count). The first-order valence-electron chi connectivity index (χ1n) is 7.17. The molecule has 1 aromatic carbocycles. The second-order valence-corrected chi connectivity index (χ2v) is 6.04. The predicted molar refractivity (Wildman–Crippen MR) is 84.3 cm³/mol. The van der Waals surface area contributed by atoms with E-state index >= 15 is 0 Å². The van der Waals surface area contributed by atoms with Crippen LogP contribution in [0.15, 0.2) is 24.3 Å². The van der Waals surface area contributed by atoms with Crippen molar-refractivity contribution in [2.75, 3.05) is 10.6 Å². The van der Waals surface area contributed by atoms with Crippen LogP contribution in [0.5, 0.6) is 0 Å². The molecule has 20 heavy (non-hydrogen) atoms. The lowest BCUT2D eigenvalue weighted by Crippen LogP contribution is -2.27. The topological polar surface area (TPSA) is 50.4 Å². The molecule has 0 bridgehead atoms. The molecule has 0 aliphatic carbocycles. The number of amides is 1. The zero-order valence-electron chi connectivity index (χ0n) is 13.1. The molecule has 0 fully saturated rings. The summed E-state index contributed by atoms with van der Waals surface area (Å²) in [4.78, 5) is 11.7. The van der Waals surface area contributed by atoms with Crippen LogP contribution in [-0.4, -0.2) is 17.7 Å². The smallest absolute Gasteiger partial charge is 0.412 e. The van der Waals surface area contributed by atoms with Crippen molar-refractivity contribution < 1.29 is 9.53 Å². The Morgan fingerprint density at radius 2 is 1.95 bits per heavy atom. The fourth-order valence-electron chi connectivity index (χ4n) is 1.90. The Kier molecular flexibility index (Phi) is 5.86. The molecule has 0 aliphatic rings. The van der Waals surface area contributed by atoms with Crippen molar-refractivity contribution in [3.63, 3.8) is 0 Å². The highest BCUT2D eigenvalue weighted by molar-refractivity contribution is 5.85. The molecule has 0 spiro atoms. The highest BCUT2D eigenvalue weighted by atomic mass is 16.6. The third-order valence-corrected chi connectivity index (χ3v) is 2.64. The van der Waals surface area contributed by atoms with Crippen LogP contribution in [0.25, 0.3) is 0 Å². The number of benzene rings is 1. The van der Waals surface area contributed by atoms with Gasteiger partial charge in [0.2, 0.25) is 0 Å². The average molecular weight is 278 g/mol. The number of ether oxygens (including phenoxy) is 1. The maximum atomic E-state index is 11.7. The lowest BCUT2D eigenvalue weighted by Gasteiger charge is -2.20. The molecule has 0 radical (unpaired) electrons. The zero-order valence-corrected chi connectivity index (χ0v) is 13.1. The van der Waals surface area contributed by atoms with Gasteiger partial charge in [0.1, 0.15) is 5.60 Å². The van der Waals surface area contributed by atoms with Crippen molar-refractivity contribution in [1.29, 1.82) is 0 Å². The summed E-state index contributed by atoms with van der Waals surface area (Å²) >= 11 is 0. The zero-order chi connectivity index (χ0) is 15.2. The maximum absolute atomic E-state index is 11.7. The first-order valence-corrected chi connectivity index (χ1v) is 7.17. The molecular formula is C16H26N2O2. The molecule has 1 atom stereocenters. The first kappa shape index (κ1) is 16.3. The molecule has 1 aromatic rings. The van der Waals surface area contributed by atoms with Gasteiger partial charge < -0.3 is 10.1 Å². The van der Waals surface area contributed by atoms with E-state index < -0.39 is 11.7 Å². The number of anilines is 2. The van der Waals surface area contributed by atoms with Gasteiger partial charge in [-0.3, -0.25) is 5.32 Å². The van der Waals surface area contributed by atoms with Crippen LogP contribution < -0.4 is 10.6 Å². The fourth-order valence-corrected chi connectivity index (χ4v) is 1.90. The minimum Gasteiger partial charge on any atom is -0.444 e. The number of nitrogens with one attached hydrogen (secondary N) is 2. The lowest BCUT2D eigenvalue weighted by molar-refractivity contribution is 0.0636. The second kappa shape index (κ2) is 7.17. The minimum absolute atomic E-state index is 0.414. The van der Waals surface area contributed by atoms with Crippen molar-refractivity contribution >= 4 is 17.5 Å². The Hall–Kier alpha value is -1.71. The summed E-state index contributed by atoms with van der Waals surface area (Å²) in [5.74, 6) is 0. The van der Waals surface area contributed by atoms with Crippen LogP contribution in [0, 0.1) is 0 Å². The molecule has 0 aromatic heterocycles. The summed E-state index contributed by atoms with van der Waals surface area (Å²) in [5, 5.41) is 6.16. The third kappa shape index (κ3) is 6.45. The molecular weight excluding hydrogens is 252 g/mol. The number of hydrogen-bond donors (Lipinski definition) is 2. The molecule has 1 amide bonds. The van der Waals surface area contributed by atoms with E-state index in [0.717, 1.165) is 24.2 Å². The van der Waals surface area contributed by atoms with Gasteiger partial charge >= 0.3 is 6.09 Å². The average Bonchev–Trinajstić information content (AvgIpc) is 2.26.